The van der Waals surface area contributed by atoms with E-state index in [0.29, 0.717) is 12.3 Å². The first-order valence-electron chi connectivity index (χ1n) is 8.60. The summed E-state index contributed by atoms with van der Waals surface area (Å²) < 4.78 is 0. The van der Waals surface area contributed by atoms with E-state index in [4.69, 9.17) is 0 Å². The van der Waals surface area contributed by atoms with E-state index < -0.39 is 0 Å². The average molecular weight is 327 g/mol. The zero-order valence-corrected chi connectivity index (χ0v) is 14.6. The zero-order chi connectivity index (χ0) is 17.3. The number of fused-ring (bicyclic) bond motifs is 1. The van der Waals surface area contributed by atoms with Crippen molar-refractivity contribution in [1.29, 1.82) is 0 Å². The van der Waals surface area contributed by atoms with Crippen molar-refractivity contribution in [2.24, 2.45) is 0 Å². The molecule has 0 spiro atoms. The van der Waals surface area contributed by atoms with Crippen molar-refractivity contribution in [2.75, 3.05) is 6.54 Å². The lowest BCUT2D eigenvalue weighted by molar-refractivity contribution is 0.241. The van der Waals surface area contributed by atoms with Gasteiger partial charge in [-0.1, -0.05) is 19.1 Å². The fourth-order valence-corrected chi connectivity index (χ4v) is 3.42. The molecule has 1 aliphatic rings. The van der Waals surface area contributed by atoms with Gasteiger partial charge in [0.25, 0.3) is 5.56 Å². The minimum absolute atomic E-state index is 0.00576. The Kier molecular flexibility index (Phi) is 4.71. The first-order valence-corrected chi connectivity index (χ1v) is 8.60. The molecular weight excluding hydrogens is 302 g/mol. The molecule has 2 heterocycles. The molecule has 24 heavy (non-hydrogen) atoms. The van der Waals surface area contributed by atoms with Gasteiger partial charge in [0, 0.05) is 32.5 Å². The van der Waals surface area contributed by atoms with Crippen molar-refractivity contribution in [3.8, 4) is 5.75 Å². The van der Waals surface area contributed by atoms with Gasteiger partial charge in [0.1, 0.15) is 11.6 Å². The first kappa shape index (κ1) is 16.7. The summed E-state index contributed by atoms with van der Waals surface area (Å²) in [7, 11) is 0. The van der Waals surface area contributed by atoms with Crippen LogP contribution in [-0.2, 0) is 25.9 Å². The summed E-state index contributed by atoms with van der Waals surface area (Å²) in [6.07, 6.45) is 2.61. The Bertz CT molecular complexity index is 788. The minimum atomic E-state index is 0.00576. The molecule has 1 aromatic heterocycles. The van der Waals surface area contributed by atoms with Gasteiger partial charge in [-0.2, -0.15) is 0 Å². The fraction of sp³-hybridized carbons (Fsp3) is 0.474. The quantitative estimate of drug-likeness (QED) is 0.906. The van der Waals surface area contributed by atoms with Crippen LogP contribution in [0.1, 0.15) is 47.1 Å². The summed E-state index contributed by atoms with van der Waals surface area (Å²) in [6.45, 7) is 8.22. The van der Waals surface area contributed by atoms with E-state index in [0.717, 1.165) is 60.6 Å². The van der Waals surface area contributed by atoms with Crippen LogP contribution < -0.4 is 5.56 Å². The van der Waals surface area contributed by atoms with Crippen molar-refractivity contribution in [1.82, 2.24) is 14.9 Å². The second kappa shape index (κ2) is 6.77. The van der Waals surface area contributed by atoms with Crippen molar-refractivity contribution < 1.29 is 5.11 Å². The SMILES string of the molecule is CCCc1nc2c(c(=O)[nH]1)CN(Cc1cc(C)c(O)c(C)c1)CC2. The molecule has 0 radical (unpaired) electrons. The lowest BCUT2D eigenvalue weighted by atomic mass is 10.0. The van der Waals surface area contributed by atoms with Crippen LogP contribution in [0, 0.1) is 13.8 Å². The number of nitrogens with zero attached hydrogens (tertiary/aromatic N) is 2. The van der Waals surface area contributed by atoms with Crippen LogP contribution in [0.2, 0.25) is 0 Å². The van der Waals surface area contributed by atoms with E-state index in [1.165, 1.54) is 5.56 Å². The predicted octanol–water partition coefficient (Wildman–Crippen LogP) is 2.60. The molecule has 0 amide bonds. The lowest BCUT2D eigenvalue weighted by Gasteiger charge is -2.28. The summed E-state index contributed by atoms with van der Waals surface area (Å²) in [5.41, 5.74) is 4.71. The molecule has 0 unspecified atom stereocenters. The van der Waals surface area contributed by atoms with Crippen molar-refractivity contribution in [3.63, 3.8) is 0 Å². The van der Waals surface area contributed by atoms with Gasteiger partial charge in [-0.3, -0.25) is 9.69 Å². The second-order valence-corrected chi connectivity index (χ2v) is 6.73. The van der Waals surface area contributed by atoms with Gasteiger partial charge >= 0.3 is 0 Å². The molecule has 3 rings (SSSR count). The number of aryl methyl sites for hydroxylation is 3. The van der Waals surface area contributed by atoms with Crippen LogP contribution in [0.3, 0.4) is 0 Å². The number of hydrogen-bond acceptors (Lipinski definition) is 4. The van der Waals surface area contributed by atoms with Crippen LogP contribution in [0.15, 0.2) is 16.9 Å². The molecule has 0 saturated carbocycles. The molecule has 2 N–H and O–H groups in total. The Balaban J connectivity index is 1.79. The molecule has 0 saturated heterocycles. The third-order valence-corrected chi connectivity index (χ3v) is 4.64. The molecule has 128 valence electrons. The highest BCUT2D eigenvalue weighted by Crippen LogP contribution is 2.24. The van der Waals surface area contributed by atoms with Crippen LogP contribution in [0.25, 0.3) is 0 Å². The largest absolute Gasteiger partial charge is 0.507 e. The predicted molar refractivity (Wildman–Crippen MR) is 94.3 cm³/mol. The van der Waals surface area contributed by atoms with E-state index in [-0.39, 0.29) is 5.56 Å². The number of aromatic amines is 1. The molecule has 5 heteroatoms. The number of aromatic hydroxyl groups is 1. The Morgan fingerprint density at radius 1 is 1.29 bits per heavy atom. The second-order valence-electron chi connectivity index (χ2n) is 6.73. The van der Waals surface area contributed by atoms with E-state index in [2.05, 4.69) is 21.8 Å². The molecule has 1 aliphatic heterocycles. The van der Waals surface area contributed by atoms with Crippen molar-refractivity contribution >= 4 is 0 Å². The molecule has 0 bridgehead atoms. The number of H-pyrrole nitrogens is 1. The third-order valence-electron chi connectivity index (χ3n) is 4.64. The number of aromatic nitrogens is 2. The minimum Gasteiger partial charge on any atom is -0.507 e. The molecule has 0 aliphatic carbocycles. The van der Waals surface area contributed by atoms with Crippen LogP contribution in [0.4, 0.5) is 0 Å². The van der Waals surface area contributed by atoms with Gasteiger partial charge in [0.15, 0.2) is 0 Å². The summed E-state index contributed by atoms with van der Waals surface area (Å²) in [4.78, 5) is 22.2. The summed E-state index contributed by atoms with van der Waals surface area (Å²) in [5, 5.41) is 9.91. The molecule has 5 nitrogen and oxygen atoms in total. The third kappa shape index (κ3) is 3.36. The summed E-state index contributed by atoms with van der Waals surface area (Å²) in [5.74, 6) is 1.17. The van der Waals surface area contributed by atoms with Gasteiger partial charge < -0.3 is 10.1 Å². The smallest absolute Gasteiger partial charge is 0.255 e. The molecule has 2 aromatic rings. The highest BCUT2D eigenvalue weighted by Gasteiger charge is 2.21. The van der Waals surface area contributed by atoms with Gasteiger partial charge in [-0.05, 0) is 37.0 Å². The maximum absolute atomic E-state index is 12.4. The van der Waals surface area contributed by atoms with Crippen LogP contribution >= 0.6 is 0 Å². The Morgan fingerprint density at radius 2 is 2.00 bits per heavy atom. The Morgan fingerprint density at radius 3 is 2.67 bits per heavy atom. The standard InChI is InChI=1S/C19H25N3O2/c1-4-5-17-20-16-6-7-22(11-15(16)19(24)21-17)10-14-8-12(2)18(23)13(3)9-14/h8-9,23H,4-7,10-11H2,1-3H3,(H,20,21,24). The summed E-state index contributed by atoms with van der Waals surface area (Å²) >= 11 is 0. The van der Waals surface area contributed by atoms with Crippen molar-refractivity contribution in [3.05, 3.63) is 56.3 Å². The van der Waals surface area contributed by atoms with Gasteiger partial charge in [-0.15, -0.1) is 0 Å². The maximum Gasteiger partial charge on any atom is 0.255 e. The lowest BCUT2D eigenvalue weighted by Crippen LogP contribution is -2.35. The highest BCUT2D eigenvalue weighted by molar-refractivity contribution is 5.42. The maximum atomic E-state index is 12.4. The number of nitrogens with one attached hydrogen (secondary N) is 1. The zero-order valence-electron chi connectivity index (χ0n) is 14.6. The van der Waals surface area contributed by atoms with Gasteiger partial charge in [0.05, 0.1) is 11.3 Å². The van der Waals surface area contributed by atoms with Crippen molar-refractivity contribution in [2.45, 2.75) is 53.1 Å². The molecule has 0 fully saturated rings. The highest BCUT2D eigenvalue weighted by atomic mass is 16.3. The fourth-order valence-electron chi connectivity index (χ4n) is 3.42. The molecule has 1 aromatic carbocycles. The number of benzene rings is 1. The van der Waals surface area contributed by atoms with Gasteiger partial charge in [-0.25, -0.2) is 4.98 Å². The van der Waals surface area contributed by atoms with Crippen LogP contribution in [0.5, 0.6) is 5.75 Å². The van der Waals surface area contributed by atoms with E-state index in [1.807, 2.05) is 26.0 Å². The molecule has 0 atom stereocenters. The Hall–Kier alpha value is -2.14. The number of phenols is 1. The van der Waals surface area contributed by atoms with Crippen LogP contribution in [-0.4, -0.2) is 26.5 Å². The number of hydrogen-bond donors (Lipinski definition) is 2. The van der Waals surface area contributed by atoms with E-state index in [1.54, 1.807) is 0 Å². The van der Waals surface area contributed by atoms with Gasteiger partial charge in [0.2, 0.25) is 0 Å². The summed E-state index contributed by atoms with van der Waals surface area (Å²) in [6, 6.07) is 4.04. The average Bonchev–Trinajstić information content (AvgIpc) is 2.53. The topological polar surface area (TPSA) is 69.2 Å². The Labute approximate surface area is 142 Å². The number of phenolic OH excluding ortho intramolecular Hbond substituents is 1. The van der Waals surface area contributed by atoms with E-state index >= 15 is 0 Å². The number of rotatable bonds is 4. The molecular formula is C19H25N3O2. The first-order chi connectivity index (χ1) is 11.5. The normalized spacial score (nSPS) is 14.6. The van der Waals surface area contributed by atoms with E-state index in [9.17, 15) is 9.90 Å². The monoisotopic (exact) mass is 327 g/mol.